The number of aromatic nitrogens is 1. The number of esters is 1. The van der Waals surface area contributed by atoms with Gasteiger partial charge in [0.05, 0.1) is 48.2 Å². The second-order valence-corrected chi connectivity index (χ2v) is 9.98. The largest absolute Gasteiger partial charge is 0.493 e. The van der Waals surface area contributed by atoms with E-state index in [-0.39, 0.29) is 23.3 Å². The number of carbonyl (C=O) groups excluding carboxylic acids is 1. The fourth-order valence-corrected chi connectivity index (χ4v) is 5.75. The lowest BCUT2D eigenvalue weighted by Gasteiger charge is -2.25. The highest BCUT2D eigenvalue weighted by atomic mass is 32.1. The lowest BCUT2D eigenvalue weighted by atomic mass is 9.95. The Hall–Kier alpha value is -4.90. The number of ether oxygens (including phenoxy) is 3. The number of aromatic carboxylic acids is 1. The predicted octanol–water partition coefficient (Wildman–Crippen LogP) is 3.77. The van der Waals surface area contributed by atoms with Crippen LogP contribution in [0.4, 0.5) is 0 Å². The standard InChI is InChI=1S/C30H26N2O8S/c1-5-39-29(36)25-16(2)31-30-32(26(25)17-10-12-22(37-3)23(14-17)38-4)27(33)24(41-30)15-18-11-13-21(40-18)19-8-6-7-9-20(19)28(34)35/h6-15,26H,5H2,1-4H3,(H,34,35)/t26-/m1/s1. The van der Waals surface area contributed by atoms with Crippen molar-refractivity contribution in [3.05, 3.63) is 102 Å². The minimum atomic E-state index is -1.07. The number of benzene rings is 2. The number of fused-ring (bicyclic) bond motifs is 1. The summed E-state index contributed by atoms with van der Waals surface area (Å²) in [6.45, 7) is 3.57. The highest BCUT2D eigenvalue weighted by Gasteiger charge is 2.34. The molecular weight excluding hydrogens is 548 g/mol. The zero-order valence-electron chi connectivity index (χ0n) is 22.7. The quantitative estimate of drug-likeness (QED) is 0.315. The molecule has 210 valence electrons. The lowest BCUT2D eigenvalue weighted by Crippen LogP contribution is -2.39. The van der Waals surface area contributed by atoms with E-state index >= 15 is 0 Å². The van der Waals surface area contributed by atoms with Gasteiger partial charge in [-0.2, -0.15) is 0 Å². The molecule has 3 heterocycles. The maximum absolute atomic E-state index is 13.9. The molecule has 4 aromatic rings. The van der Waals surface area contributed by atoms with Gasteiger partial charge in [-0.25, -0.2) is 14.6 Å². The number of hydrogen-bond donors (Lipinski definition) is 1. The fourth-order valence-electron chi connectivity index (χ4n) is 4.72. The first-order valence-corrected chi connectivity index (χ1v) is 13.4. The van der Waals surface area contributed by atoms with Crippen molar-refractivity contribution in [2.45, 2.75) is 19.9 Å². The maximum atomic E-state index is 13.9. The molecule has 0 fully saturated rings. The van der Waals surface area contributed by atoms with E-state index in [1.807, 2.05) is 0 Å². The Balaban J connectivity index is 1.66. The molecule has 0 amide bonds. The van der Waals surface area contributed by atoms with Gasteiger partial charge in [-0.3, -0.25) is 9.36 Å². The Bertz CT molecular complexity index is 1880. The molecule has 10 nitrogen and oxygen atoms in total. The third-order valence-electron chi connectivity index (χ3n) is 6.56. The SMILES string of the molecule is CCOC(=O)C1=C(C)N=c2sc(=Cc3ccc(-c4ccccc4C(=O)O)o3)c(=O)n2[C@@H]1c1ccc(OC)c(OC)c1. The van der Waals surface area contributed by atoms with Gasteiger partial charge in [0.25, 0.3) is 5.56 Å². The van der Waals surface area contributed by atoms with Crippen LogP contribution in [0, 0.1) is 0 Å². The Morgan fingerprint density at radius 3 is 2.56 bits per heavy atom. The topological polar surface area (TPSA) is 130 Å². The summed E-state index contributed by atoms with van der Waals surface area (Å²) in [5.74, 6) is 0.000363. The molecule has 1 aliphatic heterocycles. The van der Waals surface area contributed by atoms with Crippen molar-refractivity contribution in [3.63, 3.8) is 0 Å². The predicted molar refractivity (Wildman–Crippen MR) is 151 cm³/mol. The number of furan rings is 1. The molecule has 2 aromatic carbocycles. The molecule has 0 saturated carbocycles. The van der Waals surface area contributed by atoms with Gasteiger partial charge in [-0.1, -0.05) is 35.6 Å². The van der Waals surface area contributed by atoms with E-state index in [9.17, 15) is 19.5 Å². The second kappa shape index (κ2) is 11.3. The van der Waals surface area contributed by atoms with Crippen LogP contribution in [0.5, 0.6) is 11.5 Å². The Kier molecular flexibility index (Phi) is 7.62. The van der Waals surface area contributed by atoms with E-state index in [2.05, 4.69) is 4.99 Å². The lowest BCUT2D eigenvalue weighted by molar-refractivity contribution is -0.139. The number of carboxylic acids is 1. The van der Waals surface area contributed by atoms with Crippen molar-refractivity contribution in [1.29, 1.82) is 0 Å². The summed E-state index contributed by atoms with van der Waals surface area (Å²) in [6.07, 6.45) is 1.58. The first-order valence-electron chi connectivity index (χ1n) is 12.6. The molecular formula is C30H26N2O8S. The zero-order chi connectivity index (χ0) is 29.3. The van der Waals surface area contributed by atoms with Crippen LogP contribution in [-0.2, 0) is 9.53 Å². The molecule has 0 unspecified atom stereocenters. The van der Waals surface area contributed by atoms with Gasteiger partial charge in [0, 0.05) is 11.6 Å². The van der Waals surface area contributed by atoms with Crippen LogP contribution >= 0.6 is 11.3 Å². The number of rotatable bonds is 8. The van der Waals surface area contributed by atoms with Gasteiger partial charge in [0.2, 0.25) is 0 Å². The molecule has 11 heteroatoms. The third-order valence-corrected chi connectivity index (χ3v) is 7.55. The van der Waals surface area contributed by atoms with Gasteiger partial charge in [0.15, 0.2) is 16.3 Å². The Labute approximate surface area is 238 Å². The monoisotopic (exact) mass is 574 g/mol. The summed E-state index contributed by atoms with van der Waals surface area (Å²) < 4.78 is 23.9. The number of carboxylic acid groups (broad SMARTS) is 1. The first-order chi connectivity index (χ1) is 19.8. The van der Waals surface area contributed by atoms with Crippen molar-refractivity contribution in [1.82, 2.24) is 4.57 Å². The number of hydrogen-bond acceptors (Lipinski definition) is 9. The number of carbonyl (C=O) groups is 2. The van der Waals surface area contributed by atoms with E-state index in [0.717, 1.165) is 11.3 Å². The van der Waals surface area contributed by atoms with Crippen LogP contribution in [0.1, 0.15) is 41.6 Å². The number of thiazole rings is 1. The minimum Gasteiger partial charge on any atom is -0.493 e. The summed E-state index contributed by atoms with van der Waals surface area (Å²) in [7, 11) is 3.03. The van der Waals surface area contributed by atoms with Crippen LogP contribution in [-0.4, -0.2) is 42.4 Å². The van der Waals surface area contributed by atoms with Crippen molar-refractivity contribution in [2.75, 3.05) is 20.8 Å². The fraction of sp³-hybridized carbons (Fsp3) is 0.200. The Morgan fingerprint density at radius 1 is 1.10 bits per heavy atom. The second-order valence-electron chi connectivity index (χ2n) is 8.97. The van der Waals surface area contributed by atoms with E-state index in [1.165, 1.54) is 24.9 Å². The summed E-state index contributed by atoms with van der Waals surface area (Å²) in [6, 6.07) is 14.2. The molecule has 5 rings (SSSR count). The van der Waals surface area contributed by atoms with Gasteiger partial charge >= 0.3 is 11.9 Å². The normalized spacial score (nSPS) is 14.8. The molecule has 0 aliphatic carbocycles. The van der Waals surface area contributed by atoms with Gasteiger partial charge in [-0.05, 0) is 49.7 Å². The van der Waals surface area contributed by atoms with Gasteiger partial charge < -0.3 is 23.7 Å². The number of nitrogens with zero attached hydrogens (tertiary/aromatic N) is 2. The van der Waals surface area contributed by atoms with Crippen molar-refractivity contribution >= 4 is 29.4 Å². The maximum Gasteiger partial charge on any atom is 0.338 e. The van der Waals surface area contributed by atoms with Crippen LogP contribution in [0.3, 0.4) is 0 Å². The van der Waals surface area contributed by atoms with E-state index < -0.39 is 18.0 Å². The zero-order valence-corrected chi connectivity index (χ0v) is 23.5. The number of allylic oxidation sites excluding steroid dienone is 1. The third kappa shape index (κ3) is 5.07. The molecule has 0 spiro atoms. The van der Waals surface area contributed by atoms with Gasteiger partial charge in [0.1, 0.15) is 11.5 Å². The summed E-state index contributed by atoms with van der Waals surface area (Å²) in [5.41, 5.74) is 1.42. The molecule has 1 N–H and O–H groups in total. The van der Waals surface area contributed by atoms with Gasteiger partial charge in [-0.15, -0.1) is 0 Å². The smallest absolute Gasteiger partial charge is 0.338 e. The van der Waals surface area contributed by atoms with Crippen molar-refractivity contribution in [2.24, 2.45) is 4.99 Å². The minimum absolute atomic E-state index is 0.102. The molecule has 0 bridgehead atoms. The van der Waals surface area contributed by atoms with E-state index in [4.69, 9.17) is 18.6 Å². The van der Waals surface area contributed by atoms with E-state index in [1.54, 1.807) is 68.5 Å². The Morgan fingerprint density at radius 2 is 1.85 bits per heavy atom. The molecule has 41 heavy (non-hydrogen) atoms. The molecule has 1 aliphatic rings. The average Bonchev–Trinajstić information content (AvgIpc) is 3.56. The summed E-state index contributed by atoms with van der Waals surface area (Å²) in [4.78, 5) is 43.6. The molecule has 0 saturated heterocycles. The van der Waals surface area contributed by atoms with Crippen LogP contribution in [0.2, 0.25) is 0 Å². The van der Waals surface area contributed by atoms with Crippen LogP contribution in [0.25, 0.3) is 17.4 Å². The van der Waals surface area contributed by atoms with Crippen LogP contribution in [0.15, 0.2) is 80.1 Å². The number of methoxy groups -OCH3 is 2. The molecule has 1 atom stereocenters. The highest BCUT2D eigenvalue weighted by Crippen LogP contribution is 2.36. The van der Waals surface area contributed by atoms with Crippen molar-refractivity contribution < 1.29 is 33.3 Å². The van der Waals surface area contributed by atoms with Crippen molar-refractivity contribution in [3.8, 4) is 22.8 Å². The van der Waals surface area contributed by atoms with E-state index in [0.29, 0.717) is 49.2 Å². The first kappa shape index (κ1) is 27.7. The molecule has 2 aromatic heterocycles. The average molecular weight is 575 g/mol. The molecule has 0 radical (unpaired) electrons. The summed E-state index contributed by atoms with van der Waals surface area (Å²) in [5, 5.41) is 9.54. The highest BCUT2D eigenvalue weighted by molar-refractivity contribution is 7.07. The van der Waals surface area contributed by atoms with Crippen LogP contribution < -0.4 is 24.4 Å². The summed E-state index contributed by atoms with van der Waals surface area (Å²) >= 11 is 1.15.